The van der Waals surface area contributed by atoms with Gasteiger partial charge in [0.25, 0.3) is 0 Å². The van der Waals surface area contributed by atoms with Crippen molar-refractivity contribution >= 4 is 40.2 Å². The van der Waals surface area contributed by atoms with Crippen LogP contribution in [0.3, 0.4) is 0 Å². The number of imidazole rings is 1. The summed E-state index contributed by atoms with van der Waals surface area (Å²) in [6.07, 6.45) is 0.874. The number of anilines is 1. The Morgan fingerprint density at radius 2 is 1.70 bits per heavy atom. The lowest BCUT2D eigenvalue weighted by Crippen LogP contribution is -2.27. The first-order valence-corrected chi connectivity index (χ1v) is 9.70. The van der Waals surface area contributed by atoms with Gasteiger partial charge in [-0.05, 0) is 41.8 Å². The molecular weight excluding hydrogens is 377 g/mol. The summed E-state index contributed by atoms with van der Waals surface area (Å²) in [5, 5.41) is 4.95. The van der Waals surface area contributed by atoms with Crippen LogP contribution in [-0.4, -0.2) is 9.55 Å². The highest BCUT2D eigenvalue weighted by molar-refractivity contribution is 6.35. The monoisotopic (exact) mass is 393 g/mol. The standard InChI is InChI=1S/C22H17Cl2N3/c23-15-10-11-16(17(24)12-15)21-13-19(14-6-2-1-3-7-14)26-22-25-18-8-4-5-9-20(18)27(21)22/h1-12,19,21H,13H2,(H,25,26)/t19-,21+/m1/s1. The average molecular weight is 394 g/mol. The first kappa shape index (κ1) is 16.7. The van der Waals surface area contributed by atoms with Gasteiger partial charge in [-0.15, -0.1) is 0 Å². The molecule has 0 aliphatic carbocycles. The van der Waals surface area contributed by atoms with Crippen LogP contribution in [0.25, 0.3) is 11.0 Å². The van der Waals surface area contributed by atoms with Crippen molar-refractivity contribution in [2.75, 3.05) is 5.32 Å². The maximum atomic E-state index is 6.60. The van der Waals surface area contributed by atoms with Crippen molar-refractivity contribution in [3.05, 3.63) is 94.0 Å². The first-order chi connectivity index (χ1) is 13.2. The van der Waals surface area contributed by atoms with Crippen molar-refractivity contribution in [3.8, 4) is 0 Å². The summed E-state index contributed by atoms with van der Waals surface area (Å²) >= 11 is 12.7. The summed E-state index contributed by atoms with van der Waals surface area (Å²) in [5.41, 5.74) is 4.38. The zero-order chi connectivity index (χ0) is 18.4. The molecule has 0 amide bonds. The second-order valence-electron chi connectivity index (χ2n) is 6.82. The van der Waals surface area contributed by atoms with E-state index in [4.69, 9.17) is 28.2 Å². The topological polar surface area (TPSA) is 29.9 Å². The van der Waals surface area contributed by atoms with Crippen LogP contribution in [0.2, 0.25) is 10.0 Å². The lowest BCUT2D eigenvalue weighted by atomic mass is 9.93. The molecule has 0 saturated carbocycles. The van der Waals surface area contributed by atoms with Crippen LogP contribution in [0, 0.1) is 0 Å². The van der Waals surface area contributed by atoms with E-state index < -0.39 is 0 Å². The van der Waals surface area contributed by atoms with Gasteiger partial charge < -0.3 is 9.88 Å². The number of nitrogens with zero attached hydrogens (tertiary/aromatic N) is 2. The Morgan fingerprint density at radius 1 is 0.926 bits per heavy atom. The maximum Gasteiger partial charge on any atom is 0.204 e. The summed E-state index contributed by atoms with van der Waals surface area (Å²) in [6, 6.07) is 24.7. The molecule has 0 unspecified atom stereocenters. The fraction of sp³-hybridized carbons (Fsp3) is 0.136. The number of hydrogen-bond acceptors (Lipinski definition) is 2. The van der Waals surface area contributed by atoms with Crippen LogP contribution in [0.5, 0.6) is 0 Å². The summed E-state index contributed by atoms with van der Waals surface area (Å²) in [4.78, 5) is 4.83. The fourth-order valence-electron chi connectivity index (χ4n) is 3.95. The van der Waals surface area contributed by atoms with E-state index in [2.05, 4.69) is 40.2 Å². The van der Waals surface area contributed by atoms with Crippen molar-refractivity contribution in [2.45, 2.75) is 18.5 Å². The second kappa shape index (κ2) is 6.59. The molecule has 1 aliphatic rings. The predicted molar refractivity (Wildman–Crippen MR) is 112 cm³/mol. The molecule has 5 heteroatoms. The lowest BCUT2D eigenvalue weighted by molar-refractivity contribution is 0.477. The number of hydrogen-bond donors (Lipinski definition) is 1. The molecule has 1 N–H and O–H groups in total. The third kappa shape index (κ3) is 2.88. The molecule has 0 fully saturated rings. The molecule has 3 aromatic carbocycles. The molecule has 2 heterocycles. The molecule has 1 aliphatic heterocycles. The van der Waals surface area contributed by atoms with Crippen molar-refractivity contribution in [1.82, 2.24) is 9.55 Å². The summed E-state index contributed by atoms with van der Waals surface area (Å²) in [7, 11) is 0. The molecule has 0 saturated heterocycles. The quantitative estimate of drug-likeness (QED) is 0.421. The molecule has 1 aromatic heterocycles. The zero-order valence-electron chi connectivity index (χ0n) is 14.4. The van der Waals surface area contributed by atoms with E-state index in [0.29, 0.717) is 10.0 Å². The minimum atomic E-state index is 0.0728. The molecule has 0 spiro atoms. The summed E-state index contributed by atoms with van der Waals surface area (Å²) in [5.74, 6) is 0.868. The van der Waals surface area contributed by atoms with E-state index >= 15 is 0 Å². The van der Waals surface area contributed by atoms with Gasteiger partial charge in [0.2, 0.25) is 5.95 Å². The molecule has 4 aromatic rings. The van der Waals surface area contributed by atoms with Crippen LogP contribution >= 0.6 is 23.2 Å². The third-order valence-electron chi connectivity index (χ3n) is 5.19. The molecular formula is C22H17Cl2N3. The summed E-state index contributed by atoms with van der Waals surface area (Å²) in [6.45, 7) is 0. The van der Waals surface area contributed by atoms with E-state index in [1.807, 2.05) is 42.5 Å². The van der Waals surface area contributed by atoms with Gasteiger partial charge in [-0.25, -0.2) is 4.98 Å². The molecule has 5 rings (SSSR count). The molecule has 2 atom stereocenters. The van der Waals surface area contributed by atoms with E-state index in [-0.39, 0.29) is 12.1 Å². The Balaban J connectivity index is 1.70. The Morgan fingerprint density at radius 3 is 2.52 bits per heavy atom. The number of fused-ring (bicyclic) bond motifs is 3. The number of halogens is 2. The highest BCUT2D eigenvalue weighted by Crippen LogP contribution is 2.43. The van der Waals surface area contributed by atoms with Crippen LogP contribution in [-0.2, 0) is 0 Å². The SMILES string of the molecule is Clc1ccc([C@@H]2C[C@H](c3ccccc3)Nc3nc4ccccc4n32)c(Cl)c1. The number of benzene rings is 3. The van der Waals surface area contributed by atoms with Gasteiger partial charge >= 0.3 is 0 Å². The molecule has 0 radical (unpaired) electrons. The largest absolute Gasteiger partial charge is 0.349 e. The van der Waals surface area contributed by atoms with Gasteiger partial charge in [-0.1, -0.05) is 71.7 Å². The number of aromatic nitrogens is 2. The number of rotatable bonds is 2. The average Bonchev–Trinajstić information content (AvgIpc) is 3.07. The molecule has 3 nitrogen and oxygen atoms in total. The third-order valence-corrected chi connectivity index (χ3v) is 5.76. The van der Waals surface area contributed by atoms with Crippen LogP contribution < -0.4 is 5.32 Å². The van der Waals surface area contributed by atoms with E-state index in [1.54, 1.807) is 0 Å². The summed E-state index contributed by atoms with van der Waals surface area (Å²) < 4.78 is 2.25. The first-order valence-electron chi connectivity index (χ1n) is 8.94. The maximum absolute atomic E-state index is 6.60. The van der Waals surface area contributed by atoms with Crippen LogP contribution in [0.15, 0.2) is 72.8 Å². The normalized spacial score (nSPS) is 18.9. The van der Waals surface area contributed by atoms with Crippen molar-refractivity contribution in [1.29, 1.82) is 0 Å². The highest BCUT2D eigenvalue weighted by Gasteiger charge is 2.31. The van der Waals surface area contributed by atoms with Gasteiger partial charge in [-0.3, -0.25) is 0 Å². The number of nitrogens with one attached hydrogen (secondary N) is 1. The van der Waals surface area contributed by atoms with Gasteiger partial charge in [-0.2, -0.15) is 0 Å². The van der Waals surface area contributed by atoms with E-state index in [1.165, 1.54) is 5.56 Å². The fourth-order valence-corrected chi connectivity index (χ4v) is 4.48. The van der Waals surface area contributed by atoms with E-state index in [9.17, 15) is 0 Å². The Bertz CT molecular complexity index is 1120. The van der Waals surface area contributed by atoms with Gasteiger partial charge in [0, 0.05) is 10.0 Å². The molecule has 0 bridgehead atoms. The predicted octanol–water partition coefficient (Wildman–Crippen LogP) is 6.49. The van der Waals surface area contributed by atoms with Gasteiger partial charge in [0.1, 0.15) is 0 Å². The molecule has 27 heavy (non-hydrogen) atoms. The van der Waals surface area contributed by atoms with E-state index in [0.717, 1.165) is 29.0 Å². The zero-order valence-corrected chi connectivity index (χ0v) is 16.0. The Labute approximate surface area is 167 Å². The van der Waals surface area contributed by atoms with Crippen molar-refractivity contribution < 1.29 is 0 Å². The van der Waals surface area contributed by atoms with Crippen LogP contribution in [0.4, 0.5) is 5.95 Å². The molecule has 134 valence electrons. The van der Waals surface area contributed by atoms with Crippen molar-refractivity contribution in [2.24, 2.45) is 0 Å². The van der Waals surface area contributed by atoms with Gasteiger partial charge in [0.05, 0.1) is 23.1 Å². The van der Waals surface area contributed by atoms with Crippen LogP contribution in [0.1, 0.15) is 29.6 Å². The highest BCUT2D eigenvalue weighted by atomic mass is 35.5. The van der Waals surface area contributed by atoms with Gasteiger partial charge in [0.15, 0.2) is 0 Å². The Kier molecular flexibility index (Phi) is 4.07. The number of para-hydroxylation sites is 2. The smallest absolute Gasteiger partial charge is 0.204 e. The minimum Gasteiger partial charge on any atom is -0.349 e. The Hall–Kier alpha value is -2.49. The van der Waals surface area contributed by atoms with Crippen molar-refractivity contribution in [3.63, 3.8) is 0 Å². The minimum absolute atomic E-state index is 0.0728. The second-order valence-corrected chi connectivity index (χ2v) is 7.66. The lowest BCUT2D eigenvalue weighted by Gasteiger charge is -2.34.